The summed E-state index contributed by atoms with van der Waals surface area (Å²) in [4.78, 5) is 16.7. The predicted molar refractivity (Wildman–Crippen MR) is 63.7 cm³/mol. The van der Waals surface area contributed by atoms with Gasteiger partial charge in [-0.05, 0) is 26.0 Å². The van der Waals surface area contributed by atoms with Crippen molar-refractivity contribution in [3.63, 3.8) is 0 Å². The number of anilines is 1. The molecule has 1 aliphatic rings. The van der Waals surface area contributed by atoms with Gasteiger partial charge in [0.05, 0.1) is 23.0 Å². The van der Waals surface area contributed by atoms with E-state index in [9.17, 15) is 4.79 Å². The van der Waals surface area contributed by atoms with Crippen LogP contribution in [0.5, 0.6) is 0 Å². The Kier molecular flexibility index (Phi) is 1.67. The minimum Gasteiger partial charge on any atom is -0.349 e. The van der Waals surface area contributed by atoms with Crippen LogP contribution in [0.25, 0.3) is 10.9 Å². The average molecular weight is 215 g/mol. The van der Waals surface area contributed by atoms with Gasteiger partial charge in [0.2, 0.25) is 5.95 Å². The molecule has 0 radical (unpaired) electrons. The molecule has 1 N–H and O–H groups in total. The van der Waals surface area contributed by atoms with Gasteiger partial charge in [-0.2, -0.15) is 0 Å². The van der Waals surface area contributed by atoms with Gasteiger partial charge in [0.1, 0.15) is 0 Å². The number of nitrogens with one attached hydrogen (secondary N) is 1. The van der Waals surface area contributed by atoms with Gasteiger partial charge in [0.15, 0.2) is 0 Å². The zero-order valence-electron chi connectivity index (χ0n) is 9.32. The van der Waals surface area contributed by atoms with Gasteiger partial charge in [0, 0.05) is 0 Å². The summed E-state index contributed by atoms with van der Waals surface area (Å²) >= 11 is 0. The van der Waals surface area contributed by atoms with Gasteiger partial charge in [-0.25, -0.2) is 4.98 Å². The number of rotatable bonds is 0. The standard InChI is InChI=1S/C12H13N3O/c1-12(2)7-15-10(16)8-5-3-4-6-9(8)13-11(15)14-12/h3-6H,7H2,1-2H3,(H,13,14). The third kappa shape index (κ3) is 1.23. The van der Waals surface area contributed by atoms with E-state index in [-0.39, 0.29) is 11.1 Å². The first-order valence-corrected chi connectivity index (χ1v) is 5.35. The molecule has 0 saturated heterocycles. The Morgan fingerprint density at radius 2 is 2.12 bits per heavy atom. The van der Waals surface area contributed by atoms with Crippen molar-refractivity contribution in [3.05, 3.63) is 34.6 Å². The van der Waals surface area contributed by atoms with Crippen LogP contribution >= 0.6 is 0 Å². The molecule has 0 unspecified atom stereocenters. The largest absolute Gasteiger partial charge is 0.349 e. The highest BCUT2D eigenvalue weighted by Crippen LogP contribution is 2.23. The molecular weight excluding hydrogens is 202 g/mol. The van der Waals surface area contributed by atoms with Crippen molar-refractivity contribution in [2.75, 3.05) is 5.32 Å². The fourth-order valence-corrected chi connectivity index (χ4v) is 2.15. The Balaban J connectivity index is 2.36. The van der Waals surface area contributed by atoms with Crippen LogP contribution in [-0.4, -0.2) is 15.1 Å². The molecule has 4 nitrogen and oxygen atoms in total. The zero-order chi connectivity index (χ0) is 11.3. The second kappa shape index (κ2) is 2.84. The molecule has 1 aromatic carbocycles. The lowest BCUT2D eigenvalue weighted by Gasteiger charge is -2.15. The molecule has 2 aromatic rings. The van der Waals surface area contributed by atoms with Gasteiger partial charge >= 0.3 is 0 Å². The summed E-state index contributed by atoms with van der Waals surface area (Å²) in [5.41, 5.74) is 0.693. The van der Waals surface area contributed by atoms with E-state index in [1.54, 1.807) is 4.57 Å². The van der Waals surface area contributed by atoms with Crippen LogP contribution < -0.4 is 10.9 Å². The van der Waals surface area contributed by atoms with Gasteiger partial charge in [0.25, 0.3) is 5.56 Å². The molecule has 2 heterocycles. The van der Waals surface area contributed by atoms with E-state index >= 15 is 0 Å². The summed E-state index contributed by atoms with van der Waals surface area (Å²) in [5.74, 6) is 0.675. The van der Waals surface area contributed by atoms with Gasteiger partial charge in [-0.1, -0.05) is 12.1 Å². The smallest absolute Gasteiger partial charge is 0.262 e. The number of hydrogen-bond donors (Lipinski definition) is 1. The molecule has 3 rings (SSSR count). The quantitative estimate of drug-likeness (QED) is 0.726. The van der Waals surface area contributed by atoms with Crippen LogP contribution in [0.4, 0.5) is 5.95 Å². The van der Waals surface area contributed by atoms with Crippen molar-refractivity contribution < 1.29 is 0 Å². The molecule has 0 spiro atoms. The van der Waals surface area contributed by atoms with Gasteiger partial charge in [-0.15, -0.1) is 0 Å². The Morgan fingerprint density at radius 3 is 2.94 bits per heavy atom. The SMILES string of the molecule is CC1(C)Cn2c(nc3ccccc3c2=O)N1. The highest BCUT2D eigenvalue weighted by Gasteiger charge is 2.29. The van der Waals surface area contributed by atoms with Crippen LogP contribution in [0.1, 0.15) is 13.8 Å². The third-order valence-electron chi connectivity index (χ3n) is 2.87. The molecule has 1 aromatic heterocycles. The molecule has 0 fully saturated rings. The molecule has 0 bridgehead atoms. The topological polar surface area (TPSA) is 46.9 Å². The van der Waals surface area contributed by atoms with Crippen LogP contribution in [0.2, 0.25) is 0 Å². The first-order valence-electron chi connectivity index (χ1n) is 5.35. The normalized spacial score (nSPS) is 17.1. The molecular formula is C12H13N3O. The molecule has 0 saturated carbocycles. The highest BCUT2D eigenvalue weighted by molar-refractivity contribution is 5.78. The number of nitrogens with zero attached hydrogens (tertiary/aromatic N) is 2. The Morgan fingerprint density at radius 1 is 1.38 bits per heavy atom. The first kappa shape index (κ1) is 9.39. The van der Waals surface area contributed by atoms with E-state index in [0.29, 0.717) is 17.9 Å². The summed E-state index contributed by atoms with van der Waals surface area (Å²) in [6.45, 7) is 4.79. The lowest BCUT2D eigenvalue weighted by Crippen LogP contribution is -2.29. The van der Waals surface area contributed by atoms with Crippen molar-refractivity contribution in [3.8, 4) is 0 Å². The average Bonchev–Trinajstić information content (AvgIpc) is 2.53. The molecule has 0 aliphatic carbocycles. The molecule has 82 valence electrons. The van der Waals surface area contributed by atoms with E-state index in [0.717, 1.165) is 5.52 Å². The van der Waals surface area contributed by atoms with Crippen molar-refractivity contribution >= 4 is 16.9 Å². The third-order valence-corrected chi connectivity index (χ3v) is 2.87. The Bertz CT molecular complexity index is 628. The zero-order valence-corrected chi connectivity index (χ0v) is 9.32. The van der Waals surface area contributed by atoms with Crippen molar-refractivity contribution in [2.45, 2.75) is 25.9 Å². The highest BCUT2D eigenvalue weighted by atomic mass is 16.1. The predicted octanol–water partition coefficient (Wildman–Crippen LogP) is 1.60. The molecule has 4 heteroatoms. The minimum absolute atomic E-state index is 0.0404. The number of benzene rings is 1. The summed E-state index contributed by atoms with van der Waals surface area (Å²) in [6, 6.07) is 7.45. The van der Waals surface area contributed by atoms with E-state index in [1.807, 2.05) is 24.3 Å². The minimum atomic E-state index is -0.101. The number of para-hydroxylation sites is 1. The molecule has 1 aliphatic heterocycles. The molecule has 16 heavy (non-hydrogen) atoms. The van der Waals surface area contributed by atoms with E-state index < -0.39 is 0 Å². The maximum Gasteiger partial charge on any atom is 0.262 e. The summed E-state index contributed by atoms with van der Waals surface area (Å²) < 4.78 is 1.71. The van der Waals surface area contributed by atoms with E-state index in [2.05, 4.69) is 24.1 Å². The monoisotopic (exact) mass is 215 g/mol. The van der Waals surface area contributed by atoms with Crippen molar-refractivity contribution in [1.29, 1.82) is 0 Å². The Labute approximate surface area is 92.9 Å². The maximum absolute atomic E-state index is 12.2. The second-order valence-electron chi connectivity index (χ2n) is 4.85. The van der Waals surface area contributed by atoms with Gasteiger partial charge < -0.3 is 5.32 Å². The van der Waals surface area contributed by atoms with Gasteiger partial charge in [-0.3, -0.25) is 9.36 Å². The lowest BCUT2D eigenvalue weighted by atomic mass is 10.1. The Hall–Kier alpha value is -1.84. The van der Waals surface area contributed by atoms with E-state index in [4.69, 9.17) is 0 Å². The number of fused-ring (bicyclic) bond motifs is 2. The van der Waals surface area contributed by atoms with E-state index in [1.165, 1.54) is 0 Å². The first-order chi connectivity index (χ1) is 7.57. The van der Waals surface area contributed by atoms with Crippen LogP contribution in [0.15, 0.2) is 29.1 Å². The molecule has 0 amide bonds. The van der Waals surface area contributed by atoms with Crippen molar-refractivity contribution in [1.82, 2.24) is 9.55 Å². The lowest BCUT2D eigenvalue weighted by molar-refractivity contribution is 0.519. The fourth-order valence-electron chi connectivity index (χ4n) is 2.15. The van der Waals surface area contributed by atoms with Crippen LogP contribution in [0.3, 0.4) is 0 Å². The van der Waals surface area contributed by atoms with Crippen LogP contribution in [0, 0.1) is 0 Å². The van der Waals surface area contributed by atoms with Crippen LogP contribution in [-0.2, 0) is 6.54 Å². The molecule has 0 atom stereocenters. The summed E-state index contributed by atoms with van der Waals surface area (Å²) in [7, 11) is 0. The summed E-state index contributed by atoms with van der Waals surface area (Å²) in [6.07, 6.45) is 0. The fraction of sp³-hybridized carbons (Fsp3) is 0.333. The number of aromatic nitrogens is 2. The maximum atomic E-state index is 12.2. The summed E-state index contributed by atoms with van der Waals surface area (Å²) in [5, 5.41) is 3.94. The number of hydrogen-bond acceptors (Lipinski definition) is 3. The van der Waals surface area contributed by atoms with Crippen molar-refractivity contribution in [2.24, 2.45) is 0 Å². The second-order valence-corrected chi connectivity index (χ2v) is 4.85.